The Kier molecular flexibility index (Phi) is 5.36. The number of benzene rings is 1. The number of amides is 1. The molecule has 0 spiro atoms. The molecule has 2 N–H and O–H groups in total. The van der Waals surface area contributed by atoms with Crippen molar-refractivity contribution in [3.63, 3.8) is 0 Å². The highest BCUT2D eigenvalue weighted by Crippen LogP contribution is 2.27. The van der Waals surface area contributed by atoms with Crippen molar-refractivity contribution < 1.29 is 9.72 Å². The molecule has 1 amide bonds. The lowest BCUT2D eigenvalue weighted by Gasteiger charge is -2.06. The number of nitrogens with two attached hydrogens (primary N) is 1. The van der Waals surface area contributed by atoms with Gasteiger partial charge in [0.1, 0.15) is 10.6 Å². The third-order valence-corrected chi connectivity index (χ3v) is 5.28. The predicted molar refractivity (Wildman–Crippen MR) is 107 cm³/mol. The summed E-state index contributed by atoms with van der Waals surface area (Å²) in [7, 11) is 0. The topological polar surface area (TPSA) is 121 Å². The van der Waals surface area contributed by atoms with E-state index in [9.17, 15) is 19.7 Å². The minimum absolute atomic E-state index is 0.0581. The number of primary amides is 1. The van der Waals surface area contributed by atoms with Crippen LogP contribution in [0, 0.1) is 10.1 Å². The molecule has 0 fully saturated rings. The van der Waals surface area contributed by atoms with Crippen molar-refractivity contribution >= 4 is 22.9 Å². The molecule has 0 aliphatic rings. The molecule has 0 saturated carbocycles. The first-order chi connectivity index (χ1) is 13.3. The molecule has 0 aliphatic carbocycles. The van der Waals surface area contributed by atoms with Crippen molar-refractivity contribution in [2.75, 3.05) is 0 Å². The molecule has 0 aliphatic heterocycles. The summed E-state index contributed by atoms with van der Waals surface area (Å²) < 4.78 is 1.11. The van der Waals surface area contributed by atoms with Crippen molar-refractivity contribution in [2.24, 2.45) is 5.73 Å². The highest BCUT2D eigenvalue weighted by molar-refractivity contribution is 7.15. The lowest BCUT2D eigenvalue weighted by atomic mass is 10.0. The van der Waals surface area contributed by atoms with E-state index in [4.69, 9.17) is 5.73 Å². The second-order valence-electron chi connectivity index (χ2n) is 6.57. The zero-order chi connectivity index (χ0) is 20.4. The Bertz CT molecular complexity index is 1100. The first-order valence-corrected chi connectivity index (χ1v) is 9.31. The second-order valence-corrected chi connectivity index (χ2v) is 7.69. The van der Waals surface area contributed by atoms with Crippen LogP contribution in [0.25, 0.3) is 10.6 Å². The number of carbonyl (C=O) groups excluding carboxylic acids is 1. The third-order valence-electron chi connectivity index (χ3n) is 4.25. The van der Waals surface area contributed by atoms with Crippen LogP contribution >= 0.6 is 11.3 Å². The average Bonchev–Trinajstić information content (AvgIpc) is 3.11. The van der Waals surface area contributed by atoms with Gasteiger partial charge in [-0.2, -0.15) is 0 Å². The predicted octanol–water partition coefficient (Wildman–Crippen LogP) is 3.15. The van der Waals surface area contributed by atoms with Crippen LogP contribution < -0.4 is 11.3 Å². The maximum atomic E-state index is 12.4. The van der Waals surface area contributed by atoms with Gasteiger partial charge in [-0.15, -0.1) is 11.3 Å². The summed E-state index contributed by atoms with van der Waals surface area (Å²) in [5, 5.41) is 11.9. The fourth-order valence-corrected chi connectivity index (χ4v) is 3.62. The first kappa shape index (κ1) is 19.4. The molecule has 3 rings (SSSR count). The molecule has 1 aromatic carbocycles. The summed E-state index contributed by atoms with van der Waals surface area (Å²) >= 11 is 1.38. The Morgan fingerprint density at radius 3 is 2.57 bits per heavy atom. The van der Waals surface area contributed by atoms with E-state index in [0.717, 1.165) is 32.3 Å². The van der Waals surface area contributed by atoms with Gasteiger partial charge in [-0.25, -0.2) is 4.98 Å². The SMILES string of the molecule is CC(C)c1ccc(-c2ncc(Cn3cc([N+](=O)[O-])cc(C(N)=O)c3=O)s2)cc1. The number of hydrogen-bond donors (Lipinski definition) is 1. The number of nitro groups is 1. The van der Waals surface area contributed by atoms with E-state index in [1.54, 1.807) is 6.20 Å². The highest BCUT2D eigenvalue weighted by Gasteiger charge is 2.18. The number of aromatic nitrogens is 2. The lowest BCUT2D eigenvalue weighted by Crippen LogP contribution is -2.29. The normalized spacial score (nSPS) is 11.0. The molecule has 0 unspecified atom stereocenters. The van der Waals surface area contributed by atoms with Crippen molar-refractivity contribution in [1.29, 1.82) is 0 Å². The van der Waals surface area contributed by atoms with Gasteiger partial charge in [0.15, 0.2) is 0 Å². The Labute approximate surface area is 164 Å². The fourth-order valence-electron chi connectivity index (χ4n) is 2.71. The van der Waals surface area contributed by atoms with Gasteiger partial charge in [0, 0.05) is 22.7 Å². The zero-order valence-electron chi connectivity index (χ0n) is 15.3. The van der Waals surface area contributed by atoms with Gasteiger partial charge >= 0.3 is 0 Å². The van der Waals surface area contributed by atoms with Crippen LogP contribution in [0.3, 0.4) is 0 Å². The van der Waals surface area contributed by atoms with E-state index >= 15 is 0 Å². The Hall–Kier alpha value is -3.33. The quantitative estimate of drug-likeness (QED) is 0.505. The number of carbonyl (C=O) groups is 1. The molecule has 3 aromatic rings. The number of nitrogens with zero attached hydrogens (tertiary/aromatic N) is 3. The number of pyridine rings is 1. The van der Waals surface area contributed by atoms with Gasteiger partial charge in [0.25, 0.3) is 17.2 Å². The van der Waals surface area contributed by atoms with E-state index in [2.05, 4.69) is 18.8 Å². The Morgan fingerprint density at radius 2 is 2.00 bits per heavy atom. The van der Waals surface area contributed by atoms with Crippen LogP contribution in [0.1, 0.15) is 40.6 Å². The number of thiazole rings is 1. The first-order valence-electron chi connectivity index (χ1n) is 8.50. The molecule has 0 bridgehead atoms. The van der Waals surface area contributed by atoms with Gasteiger partial charge in [0.05, 0.1) is 17.7 Å². The molecule has 0 radical (unpaired) electrons. The van der Waals surface area contributed by atoms with Crippen LogP contribution in [-0.2, 0) is 6.54 Å². The van der Waals surface area contributed by atoms with Crippen molar-refractivity contribution in [2.45, 2.75) is 26.3 Å². The molecule has 144 valence electrons. The summed E-state index contributed by atoms with van der Waals surface area (Å²) in [5.41, 5.74) is 5.89. The van der Waals surface area contributed by atoms with Gasteiger partial charge in [0.2, 0.25) is 0 Å². The van der Waals surface area contributed by atoms with Crippen molar-refractivity contribution in [1.82, 2.24) is 9.55 Å². The summed E-state index contributed by atoms with van der Waals surface area (Å²) in [6.07, 6.45) is 2.72. The highest BCUT2D eigenvalue weighted by atomic mass is 32.1. The lowest BCUT2D eigenvalue weighted by molar-refractivity contribution is -0.385. The Balaban J connectivity index is 1.92. The van der Waals surface area contributed by atoms with Crippen LogP contribution in [-0.4, -0.2) is 20.4 Å². The maximum absolute atomic E-state index is 12.4. The van der Waals surface area contributed by atoms with E-state index in [1.807, 2.05) is 24.3 Å². The minimum Gasteiger partial charge on any atom is -0.365 e. The van der Waals surface area contributed by atoms with Crippen LogP contribution in [0.4, 0.5) is 5.69 Å². The maximum Gasteiger partial charge on any atom is 0.286 e. The third kappa shape index (κ3) is 3.99. The Morgan fingerprint density at radius 1 is 1.32 bits per heavy atom. The van der Waals surface area contributed by atoms with Crippen LogP contribution in [0.5, 0.6) is 0 Å². The molecule has 2 aromatic heterocycles. The van der Waals surface area contributed by atoms with E-state index in [-0.39, 0.29) is 12.2 Å². The number of rotatable bonds is 6. The van der Waals surface area contributed by atoms with Crippen molar-refractivity contribution in [3.8, 4) is 10.6 Å². The standard InChI is InChI=1S/C19H18N4O4S/c1-11(2)12-3-5-13(6-4-12)18-21-8-15(28-18)10-22-9-14(23(26)27)7-16(17(20)24)19(22)25/h3-9,11H,10H2,1-2H3,(H2,20,24). The number of hydrogen-bond acceptors (Lipinski definition) is 6. The van der Waals surface area contributed by atoms with Gasteiger partial charge in [-0.1, -0.05) is 38.1 Å². The average molecular weight is 398 g/mol. The molecular formula is C19H18N4O4S. The van der Waals surface area contributed by atoms with Gasteiger partial charge in [-0.05, 0) is 11.5 Å². The van der Waals surface area contributed by atoms with Crippen LogP contribution in [0.15, 0.2) is 47.5 Å². The summed E-state index contributed by atoms with van der Waals surface area (Å²) in [6.45, 7) is 4.30. The van der Waals surface area contributed by atoms with Gasteiger partial charge < -0.3 is 10.3 Å². The molecule has 0 atom stereocenters. The summed E-state index contributed by atoms with van der Waals surface area (Å²) in [6, 6.07) is 8.97. The molecule has 0 saturated heterocycles. The van der Waals surface area contributed by atoms with E-state index in [1.165, 1.54) is 16.9 Å². The summed E-state index contributed by atoms with van der Waals surface area (Å²) in [4.78, 5) is 39.4. The molecule has 9 heteroatoms. The molecule has 2 heterocycles. The van der Waals surface area contributed by atoms with Crippen molar-refractivity contribution in [3.05, 3.63) is 79.2 Å². The zero-order valence-corrected chi connectivity index (χ0v) is 16.1. The fraction of sp³-hybridized carbons (Fsp3) is 0.211. The van der Waals surface area contributed by atoms with Crippen LogP contribution in [0.2, 0.25) is 0 Å². The minimum atomic E-state index is -1.00. The largest absolute Gasteiger partial charge is 0.365 e. The van der Waals surface area contributed by atoms with Gasteiger partial charge in [-0.3, -0.25) is 19.7 Å². The summed E-state index contributed by atoms with van der Waals surface area (Å²) in [5.74, 6) is -0.571. The molecular weight excluding hydrogens is 380 g/mol. The second kappa shape index (κ2) is 7.73. The van der Waals surface area contributed by atoms with E-state index < -0.39 is 22.0 Å². The monoisotopic (exact) mass is 398 g/mol. The molecule has 8 nitrogen and oxygen atoms in total. The smallest absolute Gasteiger partial charge is 0.286 e. The molecule has 28 heavy (non-hydrogen) atoms. The van der Waals surface area contributed by atoms with E-state index in [0.29, 0.717) is 5.92 Å².